The van der Waals surface area contributed by atoms with Crippen molar-refractivity contribution in [2.24, 2.45) is 0 Å². The van der Waals surface area contributed by atoms with Crippen LogP contribution in [-0.2, 0) is 6.54 Å². The average Bonchev–Trinajstić information content (AvgIpc) is 2.47. The number of amides is 1. The summed E-state index contributed by atoms with van der Waals surface area (Å²) in [6.07, 6.45) is 5.18. The summed E-state index contributed by atoms with van der Waals surface area (Å²) in [5.41, 5.74) is 1.30. The van der Waals surface area contributed by atoms with Crippen LogP contribution >= 0.6 is 0 Å². The summed E-state index contributed by atoms with van der Waals surface area (Å²) in [5, 5.41) is 6.89. The van der Waals surface area contributed by atoms with E-state index in [1.54, 1.807) is 10.7 Å². The molecule has 80 valence electrons. The standard InChI is InChI=1S/C11H15N3O/c1-5-6-14-9(4)7-10(13-14)11(15)12-8(2)3/h1,7-8H,6H2,2-4H3,(H,12,15). The summed E-state index contributed by atoms with van der Waals surface area (Å²) in [6, 6.07) is 1.84. The number of terminal acetylenes is 1. The van der Waals surface area contributed by atoms with Crippen LogP contribution in [0.2, 0.25) is 0 Å². The van der Waals surface area contributed by atoms with Gasteiger partial charge < -0.3 is 5.32 Å². The SMILES string of the molecule is C#CCn1nc(C(=O)NC(C)C)cc1C. The number of rotatable bonds is 3. The maximum absolute atomic E-state index is 11.6. The summed E-state index contributed by atoms with van der Waals surface area (Å²) in [4.78, 5) is 11.6. The van der Waals surface area contributed by atoms with Crippen molar-refractivity contribution in [2.45, 2.75) is 33.4 Å². The number of nitrogens with zero attached hydrogens (tertiary/aromatic N) is 2. The minimum atomic E-state index is -0.163. The van der Waals surface area contributed by atoms with E-state index < -0.39 is 0 Å². The number of hydrogen-bond acceptors (Lipinski definition) is 2. The molecule has 0 aliphatic rings. The molecule has 0 saturated heterocycles. The van der Waals surface area contributed by atoms with E-state index in [-0.39, 0.29) is 11.9 Å². The van der Waals surface area contributed by atoms with E-state index in [0.29, 0.717) is 12.2 Å². The van der Waals surface area contributed by atoms with E-state index in [1.807, 2.05) is 20.8 Å². The fraction of sp³-hybridized carbons (Fsp3) is 0.455. The van der Waals surface area contributed by atoms with Gasteiger partial charge >= 0.3 is 0 Å². The Labute approximate surface area is 89.7 Å². The van der Waals surface area contributed by atoms with Crippen molar-refractivity contribution < 1.29 is 4.79 Å². The molecule has 0 bridgehead atoms. The molecule has 0 radical (unpaired) electrons. The van der Waals surface area contributed by atoms with Gasteiger partial charge in [-0.2, -0.15) is 5.10 Å². The summed E-state index contributed by atoms with van der Waals surface area (Å²) < 4.78 is 1.63. The number of nitrogens with one attached hydrogen (secondary N) is 1. The van der Waals surface area contributed by atoms with Crippen molar-refractivity contribution >= 4 is 5.91 Å². The summed E-state index contributed by atoms with van der Waals surface area (Å²) in [6.45, 7) is 6.07. The lowest BCUT2D eigenvalue weighted by molar-refractivity contribution is 0.0937. The summed E-state index contributed by atoms with van der Waals surface area (Å²) >= 11 is 0. The van der Waals surface area contributed by atoms with Gasteiger partial charge in [-0.1, -0.05) is 5.92 Å². The third-order valence-electron chi connectivity index (χ3n) is 1.87. The van der Waals surface area contributed by atoms with Crippen LogP contribution in [0.5, 0.6) is 0 Å². The van der Waals surface area contributed by atoms with Gasteiger partial charge in [0.25, 0.3) is 5.91 Å². The lowest BCUT2D eigenvalue weighted by Crippen LogP contribution is -2.30. The van der Waals surface area contributed by atoms with E-state index in [1.165, 1.54) is 0 Å². The first kappa shape index (κ1) is 11.3. The van der Waals surface area contributed by atoms with E-state index >= 15 is 0 Å². The molecule has 1 heterocycles. The predicted molar refractivity (Wildman–Crippen MR) is 58.4 cm³/mol. The molecule has 15 heavy (non-hydrogen) atoms. The molecular weight excluding hydrogens is 190 g/mol. The van der Waals surface area contributed by atoms with Gasteiger partial charge in [0.15, 0.2) is 0 Å². The van der Waals surface area contributed by atoms with Crippen molar-refractivity contribution in [2.75, 3.05) is 0 Å². The Morgan fingerprint density at radius 1 is 1.73 bits per heavy atom. The van der Waals surface area contributed by atoms with Crippen LogP contribution in [0.4, 0.5) is 0 Å². The van der Waals surface area contributed by atoms with Crippen LogP contribution in [0, 0.1) is 19.3 Å². The quantitative estimate of drug-likeness (QED) is 0.747. The normalized spacial score (nSPS) is 10.1. The Kier molecular flexibility index (Phi) is 3.51. The molecule has 0 spiro atoms. The molecule has 0 aromatic carbocycles. The average molecular weight is 205 g/mol. The van der Waals surface area contributed by atoms with E-state index in [2.05, 4.69) is 16.3 Å². The zero-order chi connectivity index (χ0) is 11.4. The van der Waals surface area contributed by atoms with Gasteiger partial charge in [-0.25, -0.2) is 0 Å². The first-order valence-electron chi connectivity index (χ1n) is 4.83. The Morgan fingerprint density at radius 3 is 2.93 bits per heavy atom. The monoisotopic (exact) mass is 205 g/mol. The minimum absolute atomic E-state index is 0.107. The Balaban J connectivity index is 2.83. The van der Waals surface area contributed by atoms with Gasteiger partial charge in [-0.05, 0) is 26.8 Å². The van der Waals surface area contributed by atoms with E-state index in [0.717, 1.165) is 5.69 Å². The van der Waals surface area contributed by atoms with Crippen LogP contribution in [-0.4, -0.2) is 21.7 Å². The highest BCUT2D eigenvalue weighted by atomic mass is 16.2. The highest BCUT2D eigenvalue weighted by Crippen LogP contribution is 2.03. The van der Waals surface area contributed by atoms with Gasteiger partial charge in [-0.15, -0.1) is 6.42 Å². The second kappa shape index (κ2) is 4.65. The number of hydrogen-bond donors (Lipinski definition) is 1. The predicted octanol–water partition coefficient (Wildman–Crippen LogP) is 0.963. The fourth-order valence-corrected chi connectivity index (χ4v) is 1.20. The molecule has 0 unspecified atom stereocenters. The van der Waals surface area contributed by atoms with Crippen molar-refractivity contribution in [3.05, 3.63) is 17.5 Å². The van der Waals surface area contributed by atoms with E-state index in [9.17, 15) is 4.79 Å². The lowest BCUT2D eigenvalue weighted by atomic mass is 10.3. The molecule has 1 N–H and O–H groups in total. The van der Waals surface area contributed by atoms with Gasteiger partial charge in [0, 0.05) is 11.7 Å². The molecule has 1 aromatic rings. The van der Waals surface area contributed by atoms with Gasteiger partial charge in [0.2, 0.25) is 0 Å². The van der Waals surface area contributed by atoms with Crippen LogP contribution in [0.1, 0.15) is 30.0 Å². The Bertz CT molecular complexity index is 398. The van der Waals surface area contributed by atoms with Crippen molar-refractivity contribution in [3.63, 3.8) is 0 Å². The minimum Gasteiger partial charge on any atom is -0.348 e. The highest BCUT2D eigenvalue weighted by Gasteiger charge is 2.12. The molecule has 0 saturated carbocycles. The molecule has 0 fully saturated rings. The number of aromatic nitrogens is 2. The Morgan fingerprint density at radius 2 is 2.40 bits per heavy atom. The maximum atomic E-state index is 11.6. The van der Waals surface area contributed by atoms with E-state index in [4.69, 9.17) is 6.42 Å². The van der Waals surface area contributed by atoms with Gasteiger partial charge in [0.05, 0.1) is 0 Å². The van der Waals surface area contributed by atoms with Gasteiger partial charge in [0.1, 0.15) is 12.2 Å². The highest BCUT2D eigenvalue weighted by molar-refractivity contribution is 5.92. The zero-order valence-corrected chi connectivity index (χ0v) is 9.24. The molecule has 1 amide bonds. The molecule has 1 aromatic heterocycles. The number of aryl methyl sites for hydroxylation is 1. The molecule has 4 nitrogen and oxygen atoms in total. The van der Waals surface area contributed by atoms with Crippen LogP contribution in [0.15, 0.2) is 6.07 Å². The van der Waals surface area contributed by atoms with Crippen LogP contribution in [0.25, 0.3) is 0 Å². The third-order valence-corrected chi connectivity index (χ3v) is 1.87. The van der Waals surface area contributed by atoms with Crippen LogP contribution in [0.3, 0.4) is 0 Å². The third kappa shape index (κ3) is 2.84. The fourth-order valence-electron chi connectivity index (χ4n) is 1.20. The first-order chi connectivity index (χ1) is 7.04. The summed E-state index contributed by atoms with van der Waals surface area (Å²) in [5.74, 6) is 2.32. The van der Waals surface area contributed by atoms with Crippen molar-refractivity contribution in [1.82, 2.24) is 15.1 Å². The smallest absolute Gasteiger partial charge is 0.271 e. The molecule has 0 aliphatic heterocycles. The molecule has 0 aliphatic carbocycles. The Hall–Kier alpha value is -1.76. The topological polar surface area (TPSA) is 46.9 Å². The zero-order valence-electron chi connectivity index (χ0n) is 9.24. The molecule has 4 heteroatoms. The lowest BCUT2D eigenvalue weighted by Gasteiger charge is -2.05. The second-order valence-corrected chi connectivity index (χ2v) is 3.66. The first-order valence-corrected chi connectivity index (χ1v) is 4.83. The second-order valence-electron chi connectivity index (χ2n) is 3.66. The number of carbonyl (C=O) groups excluding carboxylic acids is 1. The van der Waals surface area contributed by atoms with Crippen molar-refractivity contribution in [1.29, 1.82) is 0 Å². The maximum Gasteiger partial charge on any atom is 0.271 e. The molecular formula is C11H15N3O. The molecule has 0 atom stereocenters. The summed E-state index contributed by atoms with van der Waals surface area (Å²) in [7, 11) is 0. The van der Waals surface area contributed by atoms with Crippen molar-refractivity contribution in [3.8, 4) is 12.3 Å². The van der Waals surface area contributed by atoms with Crippen LogP contribution < -0.4 is 5.32 Å². The molecule has 1 rings (SSSR count). The number of carbonyl (C=O) groups is 1. The van der Waals surface area contributed by atoms with Gasteiger partial charge in [-0.3, -0.25) is 9.48 Å². The largest absolute Gasteiger partial charge is 0.348 e.